The number of hydrogen-bond acceptors (Lipinski definition) is 4. The van der Waals surface area contributed by atoms with Gasteiger partial charge in [0.2, 0.25) is 0 Å². The predicted molar refractivity (Wildman–Crippen MR) is 71.5 cm³/mol. The molecule has 0 aliphatic rings. The van der Waals surface area contributed by atoms with Crippen LogP contribution in [0.3, 0.4) is 0 Å². The van der Waals surface area contributed by atoms with Crippen LogP contribution in [0.15, 0.2) is 5.38 Å². The average Bonchev–Trinajstić information content (AvgIpc) is 2.74. The van der Waals surface area contributed by atoms with E-state index in [2.05, 4.69) is 34.8 Å². The second kappa shape index (κ2) is 7.24. The highest BCUT2D eigenvalue weighted by Crippen LogP contribution is 2.20. The van der Waals surface area contributed by atoms with Crippen molar-refractivity contribution in [1.82, 2.24) is 15.6 Å². The van der Waals surface area contributed by atoms with Crippen LogP contribution in [0, 0.1) is 0 Å². The zero-order valence-corrected chi connectivity index (χ0v) is 11.4. The predicted octanol–water partition coefficient (Wildman–Crippen LogP) is 2.35. The lowest BCUT2D eigenvalue weighted by molar-refractivity contribution is 0.252. The van der Waals surface area contributed by atoms with Crippen LogP contribution in [0.5, 0.6) is 0 Å². The maximum atomic E-state index is 11.3. The Morgan fingerprint density at radius 3 is 2.94 bits per heavy atom. The van der Waals surface area contributed by atoms with Gasteiger partial charge in [0.1, 0.15) is 0 Å². The number of carbonyl (C=O) groups is 1. The van der Waals surface area contributed by atoms with Gasteiger partial charge in [0.05, 0.1) is 5.69 Å². The summed E-state index contributed by atoms with van der Waals surface area (Å²) in [6.45, 7) is 7.66. The monoisotopic (exact) mass is 256 g/mol. The number of nitrogens with one attached hydrogen (secondary N) is 3. The molecule has 0 aromatic carbocycles. The first-order chi connectivity index (χ1) is 8.17. The van der Waals surface area contributed by atoms with Crippen molar-refractivity contribution in [2.75, 3.05) is 18.4 Å². The molecule has 1 unspecified atom stereocenters. The highest BCUT2D eigenvalue weighted by Gasteiger charge is 2.10. The molecule has 1 heterocycles. The van der Waals surface area contributed by atoms with Crippen molar-refractivity contribution in [3.05, 3.63) is 11.1 Å². The molecule has 1 aromatic rings. The third-order valence-corrected chi connectivity index (χ3v) is 3.00. The number of carbonyl (C=O) groups excluding carboxylic acids is 1. The molecule has 0 fully saturated rings. The molecular weight excluding hydrogens is 236 g/mol. The van der Waals surface area contributed by atoms with Crippen molar-refractivity contribution in [2.24, 2.45) is 0 Å². The molecule has 5 nitrogen and oxygen atoms in total. The number of hydrogen-bond donors (Lipinski definition) is 3. The first-order valence-corrected chi connectivity index (χ1v) is 6.79. The molecule has 1 atom stereocenters. The molecule has 0 radical (unpaired) electrons. The van der Waals surface area contributed by atoms with Gasteiger partial charge in [0.25, 0.3) is 0 Å². The van der Waals surface area contributed by atoms with E-state index < -0.39 is 0 Å². The van der Waals surface area contributed by atoms with Crippen LogP contribution in [-0.2, 0) is 0 Å². The zero-order valence-electron chi connectivity index (χ0n) is 10.5. The summed E-state index contributed by atoms with van der Waals surface area (Å²) >= 11 is 1.44. The van der Waals surface area contributed by atoms with Crippen molar-refractivity contribution in [1.29, 1.82) is 0 Å². The first kappa shape index (κ1) is 13.9. The SMILES string of the molecule is CCCNC(C)c1csc(NC(=O)NCC)n1. The van der Waals surface area contributed by atoms with Crippen molar-refractivity contribution in [3.8, 4) is 0 Å². The quantitative estimate of drug-likeness (QED) is 0.732. The number of amides is 2. The molecule has 6 heteroatoms. The third kappa shape index (κ3) is 4.70. The van der Waals surface area contributed by atoms with Gasteiger partial charge in [0, 0.05) is 18.0 Å². The van der Waals surface area contributed by atoms with E-state index in [1.807, 2.05) is 12.3 Å². The Labute approximate surface area is 106 Å². The van der Waals surface area contributed by atoms with Gasteiger partial charge in [-0.15, -0.1) is 11.3 Å². The Bertz CT molecular complexity index is 353. The third-order valence-electron chi connectivity index (χ3n) is 2.22. The van der Waals surface area contributed by atoms with Gasteiger partial charge in [-0.25, -0.2) is 9.78 Å². The number of thiazole rings is 1. The van der Waals surface area contributed by atoms with E-state index in [9.17, 15) is 4.79 Å². The Hall–Kier alpha value is -1.14. The van der Waals surface area contributed by atoms with Gasteiger partial charge in [-0.3, -0.25) is 5.32 Å². The minimum atomic E-state index is -0.206. The normalized spacial score (nSPS) is 12.2. The number of anilines is 1. The van der Waals surface area contributed by atoms with Gasteiger partial charge in [-0.2, -0.15) is 0 Å². The van der Waals surface area contributed by atoms with Gasteiger partial charge < -0.3 is 10.6 Å². The lowest BCUT2D eigenvalue weighted by Gasteiger charge is -2.09. The fourth-order valence-electron chi connectivity index (χ4n) is 1.31. The summed E-state index contributed by atoms with van der Waals surface area (Å²) < 4.78 is 0. The van der Waals surface area contributed by atoms with Crippen molar-refractivity contribution >= 4 is 22.5 Å². The van der Waals surface area contributed by atoms with E-state index in [-0.39, 0.29) is 12.1 Å². The molecule has 0 aliphatic carbocycles. The van der Waals surface area contributed by atoms with Crippen molar-refractivity contribution < 1.29 is 4.79 Å². The van der Waals surface area contributed by atoms with Crippen molar-refractivity contribution in [2.45, 2.75) is 33.2 Å². The Kier molecular flexibility index (Phi) is 5.93. The molecule has 1 rings (SSSR count). The molecule has 0 saturated carbocycles. The minimum absolute atomic E-state index is 0.206. The maximum absolute atomic E-state index is 11.3. The van der Waals surface area contributed by atoms with Crippen LogP contribution >= 0.6 is 11.3 Å². The highest BCUT2D eigenvalue weighted by molar-refractivity contribution is 7.13. The Morgan fingerprint density at radius 1 is 1.53 bits per heavy atom. The fraction of sp³-hybridized carbons (Fsp3) is 0.636. The van der Waals surface area contributed by atoms with Gasteiger partial charge >= 0.3 is 6.03 Å². The molecule has 96 valence electrons. The van der Waals surface area contributed by atoms with E-state index >= 15 is 0 Å². The maximum Gasteiger partial charge on any atom is 0.321 e. The summed E-state index contributed by atoms with van der Waals surface area (Å²) in [4.78, 5) is 15.7. The smallest absolute Gasteiger partial charge is 0.321 e. The highest BCUT2D eigenvalue weighted by atomic mass is 32.1. The standard InChI is InChI=1S/C11H20N4OS/c1-4-6-13-8(3)9-7-17-11(14-9)15-10(16)12-5-2/h7-8,13H,4-6H2,1-3H3,(H2,12,14,15,16). The van der Waals surface area contributed by atoms with E-state index in [0.29, 0.717) is 11.7 Å². The molecule has 0 aliphatic heterocycles. The van der Waals surface area contributed by atoms with Crippen LogP contribution in [0.2, 0.25) is 0 Å². The first-order valence-electron chi connectivity index (χ1n) is 5.91. The molecule has 2 amide bonds. The van der Waals surface area contributed by atoms with Crippen molar-refractivity contribution in [3.63, 3.8) is 0 Å². The fourth-order valence-corrected chi connectivity index (χ4v) is 2.11. The zero-order chi connectivity index (χ0) is 12.7. The molecule has 0 bridgehead atoms. The largest absolute Gasteiger partial charge is 0.338 e. The van der Waals surface area contributed by atoms with E-state index in [4.69, 9.17) is 0 Å². The topological polar surface area (TPSA) is 66.0 Å². The molecular formula is C11H20N4OS. The molecule has 0 saturated heterocycles. The lowest BCUT2D eigenvalue weighted by Crippen LogP contribution is -2.28. The Balaban J connectivity index is 2.49. The van der Waals surface area contributed by atoms with Crippen LogP contribution in [0.4, 0.5) is 9.93 Å². The minimum Gasteiger partial charge on any atom is -0.338 e. The molecule has 17 heavy (non-hydrogen) atoms. The number of urea groups is 1. The van der Waals surface area contributed by atoms with Crippen LogP contribution in [0.25, 0.3) is 0 Å². The van der Waals surface area contributed by atoms with E-state index in [1.54, 1.807) is 0 Å². The van der Waals surface area contributed by atoms with Crippen LogP contribution in [0.1, 0.15) is 38.9 Å². The summed E-state index contributed by atoms with van der Waals surface area (Å²) in [5, 5.41) is 11.3. The summed E-state index contributed by atoms with van der Waals surface area (Å²) in [6.07, 6.45) is 1.10. The van der Waals surface area contributed by atoms with Gasteiger partial charge in [-0.1, -0.05) is 6.92 Å². The molecule has 0 spiro atoms. The summed E-state index contributed by atoms with van der Waals surface area (Å²) in [5.41, 5.74) is 0.968. The summed E-state index contributed by atoms with van der Waals surface area (Å²) in [6, 6.07) is 0.0126. The molecule has 3 N–H and O–H groups in total. The number of aromatic nitrogens is 1. The average molecular weight is 256 g/mol. The second-order valence-corrected chi connectivity index (χ2v) is 4.60. The number of rotatable bonds is 6. The van der Waals surface area contributed by atoms with Crippen LogP contribution < -0.4 is 16.0 Å². The van der Waals surface area contributed by atoms with Gasteiger partial charge in [-0.05, 0) is 26.8 Å². The van der Waals surface area contributed by atoms with Crippen LogP contribution in [-0.4, -0.2) is 24.1 Å². The number of nitrogens with zero attached hydrogens (tertiary/aromatic N) is 1. The molecule has 1 aromatic heterocycles. The Morgan fingerprint density at radius 2 is 2.29 bits per heavy atom. The van der Waals surface area contributed by atoms with E-state index in [0.717, 1.165) is 18.7 Å². The second-order valence-electron chi connectivity index (χ2n) is 3.74. The lowest BCUT2D eigenvalue weighted by atomic mass is 10.2. The van der Waals surface area contributed by atoms with E-state index in [1.165, 1.54) is 11.3 Å². The van der Waals surface area contributed by atoms with Gasteiger partial charge in [0.15, 0.2) is 5.13 Å². The summed E-state index contributed by atoms with van der Waals surface area (Å²) in [5.74, 6) is 0. The summed E-state index contributed by atoms with van der Waals surface area (Å²) in [7, 11) is 0.